The Morgan fingerprint density at radius 2 is 1.93 bits per heavy atom. The van der Waals surface area contributed by atoms with E-state index in [2.05, 4.69) is 6.92 Å². The number of allylic oxidation sites excluding steroid dienone is 2. The van der Waals surface area contributed by atoms with Crippen LogP contribution in [-0.4, -0.2) is 5.97 Å². The van der Waals surface area contributed by atoms with Crippen molar-refractivity contribution >= 4 is 5.97 Å². The molecular formula is C13H16O2. The minimum absolute atomic E-state index is 0.298. The number of aryl methyl sites for hydroxylation is 1. The van der Waals surface area contributed by atoms with E-state index < -0.39 is 0 Å². The van der Waals surface area contributed by atoms with Gasteiger partial charge in [-0.25, -0.2) is 4.79 Å². The zero-order valence-corrected chi connectivity index (χ0v) is 9.41. The summed E-state index contributed by atoms with van der Waals surface area (Å²) in [4.78, 5) is 11.6. The van der Waals surface area contributed by atoms with E-state index in [4.69, 9.17) is 4.74 Å². The highest BCUT2D eigenvalue weighted by Crippen LogP contribution is 2.08. The Labute approximate surface area is 90.6 Å². The fourth-order valence-electron chi connectivity index (χ4n) is 1.14. The summed E-state index contributed by atoms with van der Waals surface area (Å²) < 4.78 is 5.08. The lowest BCUT2D eigenvalue weighted by Crippen LogP contribution is -2.03. The van der Waals surface area contributed by atoms with E-state index in [0.29, 0.717) is 11.3 Å². The number of hydrogen-bond donors (Lipinski definition) is 0. The Morgan fingerprint density at radius 3 is 2.40 bits per heavy atom. The summed E-state index contributed by atoms with van der Waals surface area (Å²) >= 11 is 0. The molecule has 0 atom stereocenters. The Bertz CT molecular complexity index is 361. The second kappa shape index (κ2) is 5.35. The molecular weight excluding hydrogens is 188 g/mol. The average molecular weight is 204 g/mol. The van der Waals surface area contributed by atoms with Gasteiger partial charge in [0.1, 0.15) is 5.76 Å². The molecule has 0 aliphatic heterocycles. The van der Waals surface area contributed by atoms with Crippen molar-refractivity contribution in [3.05, 3.63) is 47.2 Å². The number of rotatable bonds is 3. The van der Waals surface area contributed by atoms with Gasteiger partial charge < -0.3 is 4.74 Å². The van der Waals surface area contributed by atoms with Gasteiger partial charge in [-0.3, -0.25) is 0 Å². The fourth-order valence-corrected chi connectivity index (χ4v) is 1.14. The number of carbonyl (C=O) groups is 1. The lowest BCUT2D eigenvalue weighted by molar-refractivity contribution is 0.0625. The summed E-state index contributed by atoms with van der Waals surface area (Å²) in [6, 6.07) is 7.48. The van der Waals surface area contributed by atoms with Gasteiger partial charge in [-0.05, 0) is 44.0 Å². The van der Waals surface area contributed by atoms with E-state index >= 15 is 0 Å². The molecule has 0 radical (unpaired) electrons. The molecule has 0 spiro atoms. The molecule has 0 unspecified atom stereocenters. The zero-order chi connectivity index (χ0) is 11.3. The normalized spacial score (nSPS) is 11.3. The van der Waals surface area contributed by atoms with Crippen LogP contribution in [0.15, 0.2) is 36.1 Å². The zero-order valence-electron chi connectivity index (χ0n) is 9.41. The van der Waals surface area contributed by atoms with Crippen LogP contribution in [0.5, 0.6) is 0 Å². The topological polar surface area (TPSA) is 26.3 Å². The van der Waals surface area contributed by atoms with Crippen LogP contribution in [0.4, 0.5) is 0 Å². The van der Waals surface area contributed by atoms with Crippen molar-refractivity contribution in [2.24, 2.45) is 0 Å². The van der Waals surface area contributed by atoms with Crippen LogP contribution in [-0.2, 0) is 11.2 Å². The quantitative estimate of drug-likeness (QED) is 0.557. The van der Waals surface area contributed by atoms with E-state index in [-0.39, 0.29) is 5.97 Å². The molecule has 1 aromatic rings. The number of carbonyl (C=O) groups excluding carboxylic acids is 1. The fraction of sp³-hybridized carbons (Fsp3) is 0.308. The molecule has 0 heterocycles. The number of esters is 1. The average Bonchev–Trinajstić information content (AvgIpc) is 2.29. The summed E-state index contributed by atoms with van der Waals surface area (Å²) in [5, 5.41) is 0. The van der Waals surface area contributed by atoms with Gasteiger partial charge in [-0.1, -0.05) is 19.1 Å². The molecule has 0 bridgehead atoms. The maximum Gasteiger partial charge on any atom is 0.343 e. The highest BCUT2D eigenvalue weighted by molar-refractivity contribution is 5.90. The molecule has 1 aromatic carbocycles. The Morgan fingerprint density at radius 1 is 1.33 bits per heavy atom. The highest BCUT2D eigenvalue weighted by Gasteiger charge is 2.06. The van der Waals surface area contributed by atoms with Crippen molar-refractivity contribution in [1.29, 1.82) is 0 Å². The molecule has 80 valence electrons. The number of ether oxygens (including phenoxy) is 1. The molecule has 0 saturated heterocycles. The molecule has 0 fully saturated rings. The SMILES string of the molecule is CC=C(C)OC(=O)c1ccc(CC)cc1. The summed E-state index contributed by atoms with van der Waals surface area (Å²) in [5.74, 6) is 0.327. The lowest BCUT2D eigenvalue weighted by atomic mass is 10.1. The van der Waals surface area contributed by atoms with Crippen molar-refractivity contribution in [2.75, 3.05) is 0 Å². The summed E-state index contributed by atoms with van der Waals surface area (Å²) in [5.41, 5.74) is 1.81. The number of benzene rings is 1. The first-order valence-corrected chi connectivity index (χ1v) is 5.11. The van der Waals surface area contributed by atoms with Crippen molar-refractivity contribution < 1.29 is 9.53 Å². The van der Waals surface area contributed by atoms with Crippen LogP contribution in [0.1, 0.15) is 36.7 Å². The summed E-state index contributed by atoms with van der Waals surface area (Å²) in [6.07, 6.45) is 2.74. The third-order valence-electron chi connectivity index (χ3n) is 2.26. The van der Waals surface area contributed by atoms with E-state index in [9.17, 15) is 4.79 Å². The monoisotopic (exact) mass is 204 g/mol. The van der Waals surface area contributed by atoms with Crippen molar-refractivity contribution in [3.63, 3.8) is 0 Å². The predicted octanol–water partition coefficient (Wildman–Crippen LogP) is 3.33. The van der Waals surface area contributed by atoms with Gasteiger partial charge in [-0.2, -0.15) is 0 Å². The Hall–Kier alpha value is -1.57. The Balaban J connectivity index is 2.74. The lowest BCUT2D eigenvalue weighted by Gasteiger charge is -2.04. The largest absolute Gasteiger partial charge is 0.428 e. The smallest absolute Gasteiger partial charge is 0.343 e. The summed E-state index contributed by atoms with van der Waals surface area (Å²) in [7, 11) is 0. The van der Waals surface area contributed by atoms with Gasteiger partial charge in [-0.15, -0.1) is 0 Å². The second-order valence-electron chi connectivity index (χ2n) is 3.34. The van der Waals surface area contributed by atoms with Gasteiger partial charge in [0.25, 0.3) is 0 Å². The standard InChI is InChI=1S/C13H16O2/c1-4-10(3)15-13(14)12-8-6-11(5-2)7-9-12/h4,6-9H,5H2,1-3H3. The van der Waals surface area contributed by atoms with Gasteiger partial charge in [0.15, 0.2) is 0 Å². The number of hydrogen-bond acceptors (Lipinski definition) is 2. The van der Waals surface area contributed by atoms with Crippen LogP contribution in [0, 0.1) is 0 Å². The van der Waals surface area contributed by atoms with Crippen LogP contribution >= 0.6 is 0 Å². The summed E-state index contributed by atoms with van der Waals surface area (Å²) in [6.45, 7) is 5.68. The van der Waals surface area contributed by atoms with Crippen molar-refractivity contribution in [3.8, 4) is 0 Å². The molecule has 1 rings (SSSR count). The van der Waals surface area contributed by atoms with Crippen LogP contribution in [0.25, 0.3) is 0 Å². The first-order chi connectivity index (χ1) is 7.17. The Kier molecular flexibility index (Phi) is 4.10. The maximum absolute atomic E-state index is 11.6. The third-order valence-corrected chi connectivity index (χ3v) is 2.26. The van der Waals surface area contributed by atoms with E-state index in [1.807, 2.05) is 19.1 Å². The molecule has 0 aliphatic carbocycles. The van der Waals surface area contributed by atoms with Gasteiger partial charge in [0, 0.05) is 0 Å². The van der Waals surface area contributed by atoms with Crippen LogP contribution in [0.2, 0.25) is 0 Å². The van der Waals surface area contributed by atoms with E-state index in [0.717, 1.165) is 6.42 Å². The van der Waals surface area contributed by atoms with Gasteiger partial charge in [0.2, 0.25) is 0 Å². The first kappa shape index (κ1) is 11.5. The van der Waals surface area contributed by atoms with Crippen LogP contribution in [0.3, 0.4) is 0 Å². The van der Waals surface area contributed by atoms with Gasteiger partial charge in [0.05, 0.1) is 5.56 Å². The second-order valence-corrected chi connectivity index (χ2v) is 3.34. The maximum atomic E-state index is 11.6. The minimum atomic E-state index is -0.298. The predicted molar refractivity (Wildman–Crippen MR) is 60.7 cm³/mol. The molecule has 0 aliphatic rings. The molecule has 0 saturated carbocycles. The minimum Gasteiger partial charge on any atom is -0.428 e. The van der Waals surface area contributed by atoms with Crippen LogP contribution < -0.4 is 0 Å². The molecule has 0 N–H and O–H groups in total. The first-order valence-electron chi connectivity index (χ1n) is 5.11. The van der Waals surface area contributed by atoms with Gasteiger partial charge >= 0.3 is 5.97 Å². The molecule has 2 nitrogen and oxygen atoms in total. The molecule has 0 amide bonds. The molecule has 0 aromatic heterocycles. The highest BCUT2D eigenvalue weighted by atomic mass is 16.5. The van der Waals surface area contributed by atoms with E-state index in [1.54, 1.807) is 25.1 Å². The van der Waals surface area contributed by atoms with Crippen molar-refractivity contribution in [2.45, 2.75) is 27.2 Å². The van der Waals surface area contributed by atoms with Crippen molar-refractivity contribution in [1.82, 2.24) is 0 Å². The van der Waals surface area contributed by atoms with E-state index in [1.165, 1.54) is 5.56 Å². The molecule has 15 heavy (non-hydrogen) atoms. The third kappa shape index (κ3) is 3.24. The molecule has 2 heteroatoms.